The van der Waals surface area contributed by atoms with Crippen LogP contribution in [0.25, 0.3) is 0 Å². The summed E-state index contributed by atoms with van der Waals surface area (Å²) in [5.41, 5.74) is 6.78. The van der Waals surface area contributed by atoms with E-state index in [9.17, 15) is 4.39 Å². The van der Waals surface area contributed by atoms with Crippen LogP contribution in [0.1, 0.15) is 25.3 Å². The third-order valence-electron chi connectivity index (χ3n) is 3.41. The minimum atomic E-state index is -0.255. The number of benzene rings is 1. The first kappa shape index (κ1) is 11.9. The van der Waals surface area contributed by atoms with Crippen LogP contribution in [-0.2, 0) is 5.41 Å². The zero-order valence-electron chi connectivity index (χ0n) is 9.39. The topological polar surface area (TPSA) is 35.2 Å². The van der Waals surface area contributed by atoms with Gasteiger partial charge in [-0.15, -0.1) is 0 Å². The van der Waals surface area contributed by atoms with Gasteiger partial charge in [0.1, 0.15) is 11.6 Å². The fourth-order valence-corrected chi connectivity index (χ4v) is 2.84. The molecule has 1 aromatic rings. The number of halogens is 2. The van der Waals surface area contributed by atoms with Crippen LogP contribution in [0.5, 0.6) is 5.75 Å². The molecule has 88 valence electrons. The molecule has 0 spiro atoms. The molecule has 1 aliphatic rings. The van der Waals surface area contributed by atoms with Crippen molar-refractivity contribution < 1.29 is 9.13 Å². The van der Waals surface area contributed by atoms with Crippen LogP contribution in [0.4, 0.5) is 4.39 Å². The van der Waals surface area contributed by atoms with Crippen LogP contribution in [0.15, 0.2) is 16.6 Å². The van der Waals surface area contributed by atoms with Crippen molar-refractivity contribution in [2.24, 2.45) is 5.73 Å². The third-order valence-corrected chi connectivity index (χ3v) is 4.00. The molecular formula is C12H15BrFNO. The summed E-state index contributed by atoms with van der Waals surface area (Å²) < 4.78 is 19.4. The average molecular weight is 288 g/mol. The number of ether oxygens (including phenoxy) is 1. The van der Waals surface area contributed by atoms with Crippen molar-refractivity contribution in [2.45, 2.75) is 31.2 Å². The van der Waals surface area contributed by atoms with E-state index < -0.39 is 0 Å². The van der Waals surface area contributed by atoms with Crippen LogP contribution in [0.2, 0.25) is 0 Å². The van der Waals surface area contributed by atoms with Gasteiger partial charge in [-0.25, -0.2) is 4.39 Å². The molecule has 1 aromatic carbocycles. The lowest BCUT2D eigenvalue weighted by molar-refractivity contribution is 0.394. The molecule has 0 radical (unpaired) electrons. The zero-order valence-corrected chi connectivity index (χ0v) is 11.0. The highest BCUT2D eigenvalue weighted by atomic mass is 79.9. The Hall–Kier alpha value is -0.610. The van der Waals surface area contributed by atoms with E-state index in [0.29, 0.717) is 10.2 Å². The lowest BCUT2D eigenvalue weighted by Crippen LogP contribution is -2.32. The van der Waals surface area contributed by atoms with Gasteiger partial charge < -0.3 is 10.5 Å². The highest BCUT2D eigenvalue weighted by molar-refractivity contribution is 9.10. The number of nitrogens with two attached hydrogens (primary N) is 1. The van der Waals surface area contributed by atoms with Gasteiger partial charge in [-0.3, -0.25) is 0 Å². The first-order chi connectivity index (χ1) is 7.51. The maximum atomic E-state index is 13.4. The van der Waals surface area contributed by atoms with E-state index in [2.05, 4.69) is 15.9 Å². The van der Waals surface area contributed by atoms with E-state index in [1.54, 1.807) is 13.2 Å². The lowest BCUT2D eigenvalue weighted by atomic mass is 9.88. The molecule has 0 aliphatic heterocycles. The summed E-state index contributed by atoms with van der Waals surface area (Å²) in [5.74, 6) is 0.450. The van der Waals surface area contributed by atoms with Gasteiger partial charge in [0.25, 0.3) is 0 Å². The molecule has 1 atom stereocenters. The molecule has 0 amide bonds. The fraction of sp³-hybridized carbons (Fsp3) is 0.500. The number of methoxy groups -OCH3 is 1. The molecule has 2 rings (SSSR count). The Bertz CT molecular complexity index is 416. The summed E-state index contributed by atoms with van der Waals surface area (Å²) in [4.78, 5) is 0. The van der Waals surface area contributed by atoms with Crippen molar-refractivity contribution in [3.05, 3.63) is 28.0 Å². The van der Waals surface area contributed by atoms with Gasteiger partial charge in [0, 0.05) is 17.0 Å². The molecule has 0 heterocycles. The molecule has 1 fully saturated rings. The summed E-state index contributed by atoms with van der Waals surface area (Å²) in [6.07, 6.45) is 1.99. The SMILES string of the molecule is COc1c(Br)cc(F)cc1C1(C(C)N)CC1. The van der Waals surface area contributed by atoms with Gasteiger partial charge >= 0.3 is 0 Å². The number of hydrogen-bond acceptors (Lipinski definition) is 2. The molecular weight excluding hydrogens is 273 g/mol. The van der Waals surface area contributed by atoms with E-state index in [-0.39, 0.29) is 17.3 Å². The summed E-state index contributed by atoms with van der Waals surface area (Å²) in [7, 11) is 1.60. The monoisotopic (exact) mass is 287 g/mol. The first-order valence-electron chi connectivity index (χ1n) is 5.30. The first-order valence-corrected chi connectivity index (χ1v) is 6.09. The Balaban J connectivity index is 2.55. The second kappa shape index (κ2) is 4.00. The van der Waals surface area contributed by atoms with Crippen molar-refractivity contribution in [1.82, 2.24) is 0 Å². The van der Waals surface area contributed by atoms with Gasteiger partial charge in [-0.2, -0.15) is 0 Å². The maximum Gasteiger partial charge on any atom is 0.137 e. The van der Waals surface area contributed by atoms with Crippen LogP contribution in [0.3, 0.4) is 0 Å². The van der Waals surface area contributed by atoms with Gasteiger partial charge in [0.15, 0.2) is 0 Å². The highest BCUT2D eigenvalue weighted by Crippen LogP contribution is 2.54. The molecule has 1 aliphatic carbocycles. The molecule has 2 nitrogen and oxygen atoms in total. The Labute approximate surface area is 103 Å². The van der Waals surface area contributed by atoms with Crippen molar-refractivity contribution in [3.8, 4) is 5.75 Å². The second-order valence-corrected chi connectivity index (χ2v) is 5.27. The summed E-state index contributed by atoms with van der Waals surface area (Å²) in [6.45, 7) is 1.96. The number of rotatable bonds is 3. The predicted molar refractivity (Wildman–Crippen MR) is 65.2 cm³/mol. The molecule has 1 unspecified atom stereocenters. The molecule has 0 aromatic heterocycles. The third kappa shape index (κ3) is 1.74. The highest BCUT2D eigenvalue weighted by Gasteiger charge is 2.49. The van der Waals surface area contributed by atoms with Crippen LogP contribution < -0.4 is 10.5 Å². The average Bonchev–Trinajstić information content (AvgIpc) is 2.97. The van der Waals surface area contributed by atoms with Crippen molar-refractivity contribution in [1.29, 1.82) is 0 Å². The van der Waals surface area contributed by atoms with E-state index >= 15 is 0 Å². The molecule has 2 N–H and O–H groups in total. The standard InChI is InChI=1S/C12H15BrFNO/c1-7(15)12(3-4-12)9-5-8(14)6-10(13)11(9)16-2/h5-7H,3-4,15H2,1-2H3. The van der Waals surface area contributed by atoms with E-state index in [1.807, 2.05) is 6.92 Å². The van der Waals surface area contributed by atoms with Crippen molar-refractivity contribution >= 4 is 15.9 Å². The van der Waals surface area contributed by atoms with Gasteiger partial charge in [0.05, 0.1) is 11.6 Å². The molecule has 1 saturated carbocycles. The quantitative estimate of drug-likeness (QED) is 0.928. The zero-order chi connectivity index (χ0) is 11.9. The normalized spacial score (nSPS) is 19.3. The predicted octanol–water partition coefficient (Wildman–Crippen LogP) is 2.98. The van der Waals surface area contributed by atoms with E-state index in [1.165, 1.54) is 6.07 Å². The van der Waals surface area contributed by atoms with E-state index in [0.717, 1.165) is 18.4 Å². The molecule has 4 heteroatoms. The van der Waals surface area contributed by atoms with Crippen molar-refractivity contribution in [2.75, 3.05) is 7.11 Å². The minimum Gasteiger partial charge on any atom is -0.495 e. The summed E-state index contributed by atoms with van der Waals surface area (Å²) >= 11 is 3.32. The Morgan fingerprint density at radius 2 is 2.12 bits per heavy atom. The van der Waals surface area contributed by atoms with E-state index in [4.69, 9.17) is 10.5 Å². The van der Waals surface area contributed by atoms with Gasteiger partial charge in [-0.1, -0.05) is 0 Å². The Kier molecular flexibility index (Phi) is 2.97. The maximum absolute atomic E-state index is 13.4. The lowest BCUT2D eigenvalue weighted by Gasteiger charge is -2.23. The number of hydrogen-bond donors (Lipinski definition) is 1. The minimum absolute atomic E-state index is 0.00935. The summed E-state index contributed by atoms with van der Waals surface area (Å²) in [6, 6.07) is 2.97. The largest absolute Gasteiger partial charge is 0.495 e. The molecule has 16 heavy (non-hydrogen) atoms. The summed E-state index contributed by atoms with van der Waals surface area (Å²) in [5, 5.41) is 0. The van der Waals surface area contributed by atoms with Crippen molar-refractivity contribution in [3.63, 3.8) is 0 Å². The van der Waals surface area contributed by atoms with Crippen LogP contribution in [-0.4, -0.2) is 13.2 Å². The Morgan fingerprint density at radius 3 is 2.56 bits per heavy atom. The fourth-order valence-electron chi connectivity index (χ4n) is 2.24. The van der Waals surface area contributed by atoms with Gasteiger partial charge in [-0.05, 0) is 47.8 Å². The van der Waals surface area contributed by atoms with Crippen LogP contribution in [0, 0.1) is 5.82 Å². The smallest absolute Gasteiger partial charge is 0.137 e. The molecule has 0 saturated heterocycles. The molecule has 0 bridgehead atoms. The second-order valence-electron chi connectivity index (χ2n) is 4.41. The van der Waals surface area contributed by atoms with Gasteiger partial charge in [0.2, 0.25) is 0 Å². The Morgan fingerprint density at radius 1 is 1.50 bits per heavy atom. The van der Waals surface area contributed by atoms with Crippen LogP contribution >= 0.6 is 15.9 Å².